The number of amides is 1. The number of sulfonamides is 1. The van der Waals surface area contributed by atoms with E-state index in [4.69, 9.17) is 11.6 Å². The van der Waals surface area contributed by atoms with Gasteiger partial charge in [0.15, 0.2) is 5.13 Å². The molecule has 2 heterocycles. The first-order valence-electron chi connectivity index (χ1n) is 9.09. The predicted octanol–water partition coefficient (Wildman–Crippen LogP) is 3.44. The van der Waals surface area contributed by atoms with Gasteiger partial charge in [0.1, 0.15) is 5.69 Å². The fourth-order valence-corrected chi connectivity index (χ4v) is 4.30. The van der Waals surface area contributed by atoms with Crippen LogP contribution in [0.4, 0.5) is 5.13 Å². The van der Waals surface area contributed by atoms with Crippen molar-refractivity contribution < 1.29 is 13.2 Å². The molecule has 3 rings (SSSR count). The normalized spacial score (nSPS) is 11.3. The minimum absolute atomic E-state index is 0.114. The molecule has 0 saturated heterocycles. The van der Waals surface area contributed by atoms with Crippen molar-refractivity contribution in [1.82, 2.24) is 14.7 Å². The summed E-state index contributed by atoms with van der Waals surface area (Å²) in [5.41, 5.74) is 2.24. The van der Waals surface area contributed by atoms with Crippen molar-refractivity contribution in [2.24, 2.45) is 0 Å². The Morgan fingerprint density at radius 3 is 2.57 bits per heavy atom. The molecule has 0 aliphatic rings. The van der Waals surface area contributed by atoms with Gasteiger partial charge in [-0.3, -0.25) is 9.78 Å². The van der Waals surface area contributed by atoms with Crippen molar-refractivity contribution in [3.63, 3.8) is 0 Å². The van der Waals surface area contributed by atoms with Crippen LogP contribution in [0.15, 0.2) is 48.8 Å². The second kappa shape index (κ2) is 9.55. The van der Waals surface area contributed by atoms with Gasteiger partial charge in [-0.05, 0) is 42.7 Å². The third-order valence-electron chi connectivity index (χ3n) is 4.23. The van der Waals surface area contributed by atoms with E-state index in [2.05, 4.69) is 14.9 Å². The van der Waals surface area contributed by atoms with E-state index in [0.717, 1.165) is 23.8 Å². The van der Waals surface area contributed by atoms with E-state index < -0.39 is 15.9 Å². The molecule has 1 aromatic carbocycles. The van der Waals surface area contributed by atoms with Gasteiger partial charge < -0.3 is 4.90 Å². The van der Waals surface area contributed by atoms with Gasteiger partial charge in [-0.1, -0.05) is 29.8 Å². The number of benzene rings is 1. The average Bonchev–Trinajstić information content (AvgIpc) is 3.08. The summed E-state index contributed by atoms with van der Waals surface area (Å²) in [6.07, 6.45) is 5.23. The lowest BCUT2D eigenvalue weighted by atomic mass is 10.2. The summed E-state index contributed by atoms with van der Waals surface area (Å²) in [5, 5.41) is 1.30. The van der Waals surface area contributed by atoms with E-state index in [1.807, 2.05) is 47.3 Å². The van der Waals surface area contributed by atoms with Crippen molar-refractivity contribution in [1.29, 1.82) is 0 Å². The molecule has 3 aromatic rings. The number of pyridine rings is 1. The minimum atomic E-state index is -3.67. The Bertz CT molecular complexity index is 1120. The smallest absolute Gasteiger partial charge is 0.284 e. The molecule has 2 aromatic heterocycles. The SMILES string of the molecule is Cc1sc(N(CCc2cccnc2)Cc2ccc(Cl)cc2)nc1C(=O)NS(C)(=O)=O. The summed E-state index contributed by atoms with van der Waals surface area (Å²) >= 11 is 7.35. The van der Waals surface area contributed by atoms with Gasteiger partial charge in [-0.15, -0.1) is 11.3 Å². The summed E-state index contributed by atoms with van der Waals surface area (Å²) in [7, 11) is -3.67. The van der Waals surface area contributed by atoms with Crippen LogP contribution in [0.5, 0.6) is 0 Å². The Labute approximate surface area is 184 Å². The highest BCUT2D eigenvalue weighted by atomic mass is 35.5. The zero-order valence-electron chi connectivity index (χ0n) is 16.5. The van der Waals surface area contributed by atoms with Crippen LogP contribution in [0.25, 0.3) is 0 Å². The molecule has 0 aliphatic heterocycles. The maximum atomic E-state index is 12.3. The largest absolute Gasteiger partial charge is 0.343 e. The number of halogens is 1. The van der Waals surface area contributed by atoms with Crippen molar-refractivity contribution in [3.8, 4) is 0 Å². The van der Waals surface area contributed by atoms with Crippen molar-refractivity contribution in [2.45, 2.75) is 19.9 Å². The van der Waals surface area contributed by atoms with Gasteiger partial charge in [0.05, 0.1) is 6.26 Å². The molecule has 0 bridgehead atoms. The van der Waals surface area contributed by atoms with E-state index in [9.17, 15) is 13.2 Å². The highest BCUT2D eigenvalue weighted by molar-refractivity contribution is 7.89. The second-order valence-corrected chi connectivity index (χ2v) is 10.1. The van der Waals surface area contributed by atoms with E-state index in [1.165, 1.54) is 11.3 Å². The molecule has 0 unspecified atom stereocenters. The Morgan fingerprint density at radius 2 is 1.93 bits per heavy atom. The lowest BCUT2D eigenvalue weighted by Gasteiger charge is -2.22. The molecule has 158 valence electrons. The van der Waals surface area contributed by atoms with Crippen LogP contribution in [0, 0.1) is 6.92 Å². The summed E-state index contributed by atoms with van der Waals surface area (Å²) in [4.78, 5) is 23.6. The number of rotatable bonds is 8. The third kappa shape index (κ3) is 6.25. The van der Waals surface area contributed by atoms with Gasteiger partial charge in [-0.25, -0.2) is 18.1 Å². The first-order chi connectivity index (χ1) is 14.2. The zero-order valence-corrected chi connectivity index (χ0v) is 18.9. The molecule has 30 heavy (non-hydrogen) atoms. The molecule has 1 amide bonds. The molecule has 0 spiro atoms. The predicted molar refractivity (Wildman–Crippen MR) is 120 cm³/mol. The van der Waals surface area contributed by atoms with Crippen LogP contribution >= 0.6 is 22.9 Å². The molecule has 10 heteroatoms. The van der Waals surface area contributed by atoms with Gasteiger partial charge in [0, 0.05) is 35.4 Å². The topological polar surface area (TPSA) is 92.3 Å². The Balaban J connectivity index is 1.86. The molecule has 7 nitrogen and oxygen atoms in total. The van der Waals surface area contributed by atoms with Crippen LogP contribution in [0.3, 0.4) is 0 Å². The zero-order chi connectivity index (χ0) is 21.7. The Morgan fingerprint density at radius 1 is 1.20 bits per heavy atom. The average molecular weight is 465 g/mol. The fourth-order valence-electron chi connectivity index (χ4n) is 2.81. The molecular weight excluding hydrogens is 444 g/mol. The first kappa shape index (κ1) is 22.2. The van der Waals surface area contributed by atoms with Crippen LogP contribution in [-0.2, 0) is 23.0 Å². The third-order valence-corrected chi connectivity index (χ3v) is 6.07. The Hall–Kier alpha value is -2.49. The van der Waals surface area contributed by atoms with E-state index >= 15 is 0 Å². The minimum Gasteiger partial charge on any atom is -0.343 e. The van der Waals surface area contributed by atoms with Gasteiger partial charge in [-0.2, -0.15) is 0 Å². The maximum Gasteiger partial charge on any atom is 0.284 e. The monoisotopic (exact) mass is 464 g/mol. The molecule has 0 aliphatic carbocycles. The first-order valence-corrected chi connectivity index (χ1v) is 12.2. The second-order valence-electron chi connectivity index (χ2n) is 6.76. The molecule has 1 N–H and O–H groups in total. The molecule has 0 fully saturated rings. The number of aryl methyl sites for hydroxylation is 1. The van der Waals surface area contributed by atoms with Gasteiger partial charge >= 0.3 is 0 Å². The number of hydrogen-bond donors (Lipinski definition) is 1. The highest BCUT2D eigenvalue weighted by Crippen LogP contribution is 2.28. The van der Waals surface area contributed by atoms with Crippen LogP contribution in [-0.4, -0.2) is 37.1 Å². The van der Waals surface area contributed by atoms with E-state index in [0.29, 0.717) is 28.1 Å². The van der Waals surface area contributed by atoms with Crippen molar-refractivity contribution >= 4 is 44.0 Å². The maximum absolute atomic E-state index is 12.3. The Kier molecular flexibility index (Phi) is 7.06. The number of thiazole rings is 1. The summed E-state index contributed by atoms with van der Waals surface area (Å²) in [6, 6.07) is 11.4. The van der Waals surface area contributed by atoms with Crippen molar-refractivity contribution in [2.75, 3.05) is 17.7 Å². The number of nitrogens with zero attached hydrogens (tertiary/aromatic N) is 3. The van der Waals surface area contributed by atoms with E-state index in [1.54, 1.807) is 13.1 Å². The number of anilines is 1. The lowest BCUT2D eigenvalue weighted by molar-refractivity contribution is 0.0977. The number of carbonyl (C=O) groups excluding carboxylic acids is 1. The fraction of sp³-hybridized carbons (Fsp3) is 0.250. The van der Waals surface area contributed by atoms with Crippen LogP contribution < -0.4 is 9.62 Å². The standard InChI is InChI=1S/C20H21ClN4O3S2/c1-14-18(19(26)24-30(2,27)28)23-20(29-14)25(11-9-15-4-3-10-22-12-15)13-16-5-7-17(21)8-6-16/h3-8,10,12H,9,11,13H2,1-2H3,(H,24,26). The van der Waals surface area contributed by atoms with Crippen molar-refractivity contribution in [3.05, 3.63) is 75.5 Å². The molecular formula is C20H21ClN4O3S2. The molecule has 0 atom stereocenters. The number of hydrogen-bond acceptors (Lipinski definition) is 7. The number of nitrogens with one attached hydrogen (secondary N) is 1. The van der Waals surface area contributed by atoms with Crippen LogP contribution in [0.2, 0.25) is 5.02 Å². The lowest BCUT2D eigenvalue weighted by Crippen LogP contribution is -2.30. The quantitative estimate of drug-likeness (QED) is 0.549. The van der Waals surface area contributed by atoms with E-state index in [-0.39, 0.29) is 5.69 Å². The number of aromatic nitrogens is 2. The molecule has 0 saturated carbocycles. The highest BCUT2D eigenvalue weighted by Gasteiger charge is 2.21. The molecule has 0 radical (unpaired) electrons. The number of carbonyl (C=O) groups is 1. The summed E-state index contributed by atoms with van der Waals surface area (Å²) in [5.74, 6) is -0.726. The van der Waals surface area contributed by atoms with Gasteiger partial charge in [0.25, 0.3) is 5.91 Å². The summed E-state index contributed by atoms with van der Waals surface area (Å²) in [6.45, 7) is 2.96. The van der Waals surface area contributed by atoms with Gasteiger partial charge in [0.2, 0.25) is 10.0 Å². The van der Waals surface area contributed by atoms with Crippen LogP contribution in [0.1, 0.15) is 26.5 Å². The summed E-state index contributed by atoms with van der Waals surface area (Å²) < 4.78 is 24.8.